The highest BCUT2D eigenvalue weighted by molar-refractivity contribution is 7.80. The standard InChI is InChI=1S/C24H19ClN4OS2/c1-14-13-17(10-11-18(14)25)29-15(2)20(21(26-24(29)31)16-7-4-3-5-8-16)23-27-22(28-30-23)19-9-6-12-32-19/h3-13,21H,1-2H3,(H,26,31). The maximum Gasteiger partial charge on any atom is 0.258 e. The third kappa shape index (κ3) is 3.72. The van der Waals surface area contributed by atoms with Crippen LogP contribution < -0.4 is 10.2 Å². The molecule has 1 N–H and O–H groups in total. The van der Waals surface area contributed by atoms with Gasteiger partial charge in [-0.2, -0.15) is 4.98 Å². The number of hydrogen-bond donors (Lipinski definition) is 1. The van der Waals surface area contributed by atoms with E-state index in [4.69, 9.17) is 33.3 Å². The van der Waals surface area contributed by atoms with Crippen LogP contribution in [-0.4, -0.2) is 15.3 Å². The lowest BCUT2D eigenvalue weighted by molar-refractivity contribution is 0.404. The number of benzene rings is 2. The maximum atomic E-state index is 6.26. The van der Waals surface area contributed by atoms with Gasteiger partial charge in [0.05, 0.1) is 16.5 Å². The Bertz CT molecular complexity index is 1320. The molecule has 0 amide bonds. The van der Waals surface area contributed by atoms with Crippen LogP contribution in [0.5, 0.6) is 0 Å². The molecule has 0 saturated heterocycles. The number of aromatic nitrogens is 2. The van der Waals surface area contributed by atoms with Crippen molar-refractivity contribution in [1.82, 2.24) is 15.5 Å². The van der Waals surface area contributed by atoms with Crippen molar-refractivity contribution in [1.29, 1.82) is 0 Å². The zero-order valence-corrected chi connectivity index (χ0v) is 19.8. The molecule has 1 unspecified atom stereocenters. The summed E-state index contributed by atoms with van der Waals surface area (Å²) in [4.78, 5) is 7.68. The number of nitrogens with zero attached hydrogens (tertiary/aromatic N) is 3. The van der Waals surface area contributed by atoms with Crippen molar-refractivity contribution in [2.24, 2.45) is 0 Å². The lowest BCUT2D eigenvalue weighted by Gasteiger charge is -2.37. The fourth-order valence-electron chi connectivity index (χ4n) is 3.83. The van der Waals surface area contributed by atoms with E-state index in [1.807, 2.05) is 72.7 Å². The third-order valence-electron chi connectivity index (χ3n) is 5.42. The van der Waals surface area contributed by atoms with E-state index in [1.165, 1.54) is 0 Å². The predicted molar refractivity (Wildman–Crippen MR) is 134 cm³/mol. The number of thiocarbonyl (C=S) groups is 1. The van der Waals surface area contributed by atoms with E-state index in [-0.39, 0.29) is 6.04 Å². The first kappa shape index (κ1) is 20.9. The molecule has 5 nitrogen and oxygen atoms in total. The summed E-state index contributed by atoms with van der Waals surface area (Å²) in [6.45, 7) is 4.00. The van der Waals surface area contributed by atoms with Gasteiger partial charge in [0.25, 0.3) is 5.89 Å². The van der Waals surface area contributed by atoms with Crippen LogP contribution in [0.15, 0.2) is 76.3 Å². The lowest BCUT2D eigenvalue weighted by Crippen LogP contribution is -2.46. The van der Waals surface area contributed by atoms with Crippen LogP contribution in [0.1, 0.15) is 30.0 Å². The summed E-state index contributed by atoms with van der Waals surface area (Å²) in [7, 11) is 0. The average Bonchev–Trinajstić information content (AvgIpc) is 3.48. The molecule has 5 rings (SSSR count). The van der Waals surface area contributed by atoms with Gasteiger partial charge in [-0.15, -0.1) is 11.3 Å². The fourth-order valence-corrected chi connectivity index (χ4v) is 4.96. The smallest absolute Gasteiger partial charge is 0.258 e. The summed E-state index contributed by atoms with van der Waals surface area (Å²) in [5.41, 5.74) is 4.76. The SMILES string of the molecule is CC1=C(c2nc(-c3cccs3)no2)C(c2ccccc2)NC(=S)N1c1ccc(Cl)c(C)c1. The number of hydrogen-bond acceptors (Lipinski definition) is 5. The van der Waals surface area contributed by atoms with E-state index in [1.54, 1.807) is 11.3 Å². The molecule has 2 aromatic carbocycles. The second-order valence-electron chi connectivity index (χ2n) is 7.46. The molecule has 1 atom stereocenters. The van der Waals surface area contributed by atoms with Crippen molar-refractivity contribution in [3.05, 3.63) is 93.8 Å². The van der Waals surface area contributed by atoms with Crippen LogP contribution in [0, 0.1) is 6.92 Å². The van der Waals surface area contributed by atoms with Gasteiger partial charge >= 0.3 is 0 Å². The Morgan fingerprint density at radius 3 is 2.62 bits per heavy atom. The van der Waals surface area contributed by atoms with Crippen molar-refractivity contribution in [3.63, 3.8) is 0 Å². The molecular weight excluding hydrogens is 460 g/mol. The molecule has 8 heteroatoms. The minimum atomic E-state index is -0.218. The minimum absolute atomic E-state index is 0.218. The summed E-state index contributed by atoms with van der Waals surface area (Å²) in [5, 5.41) is 11.0. The Labute approximate surface area is 200 Å². The van der Waals surface area contributed by atoms with Crippen LogP contribution in [0.2, 0.25) is 5.02 Å². The van der Waals surface area contributed by atoms with Crippen LogP contribution >= 0.6 is 35.2 Å². The van der Waals surface area contributed by atoms with E-state index >= 15 is 0 Å². The first-order valence-corrected chi connectivity index (χ1v) is 11.7. The predicted octanol–water partition coefficient (Wildman–Crippen LogP) is 6.63. The number of allylic oxidation sites excluding steroid dienone is 1. The number of thiophene rings is 1. The minimum Gasteiger partial charge on any atom is -0.351 e. The van der Waals surface area contributed by atoms with Gasteiger partial charge in [-0.1, -0.05) is 53.2 Å². The number of anilines is 1. The molecule has 4 aromatic rings. The molecule has 0 saturated carbocycles. The van der Waals surface area contributed by atoms with Crippen LogP contribution in [0.25, 0.3) is 16.3 Å². The van der Waals surface area contributed by atoms with Gasteiger partial charge in [0.15, 0.2) is 5.11 Å². The van der Waals surface area contributed by atoms with E-state index in [0.717, 1.165) is 33.0 Å². The van der Waals surface area contributed by atoms with Gasteiger partial charge < -0.3 is 9.84 Å². The second kappa shape index (κ2) is 8.50. The van der Waals surface area contributed by atoms with Crippen molar-refractivity contribution in [3.8, 4) is 10.7 Å². The molecule has 1 aliphatic rings. The highest BCUT2D eigenvalue weighted by Gasteiger charge is 2.34. The Balaban J connectivity index is 1.67. The molecular formula is C24H19ClN4OS2. The van der Waals surface area contributed by atoms with Crippen molar-refractivity contribution >= 4 is 51.5 Å². The molecule has 160 valence electrons. The van der Waals surface area contributed by atoms with Gasteiger partial charge in [0.1, 0.15) is 0 Å². The molecule has 1 aliphatic heterocycles. The van der Waals surface area contributed by atoms with Gasteiger partial charge in [-0.3, -0.25) is 4.90 Å². The highest BCUT2D eigenvalue weighted by Crippen LogP contribution is 2.39. The monoisotopic (exact) mass is 478 g/mol. The van der Waals surface area contributed by atoms with Crippen LogP contribution in [0.3, 0.4) is 0 Å². The summed E-state index contributed by atoms with van der Waals surface area (Å²) < 4.78 is 5.77. The largest absolute Gasteiger partial charge is 0.351 e. The quantitative estimate of drug-likeness (QED) is 0.332. The van der Waals surface area contributed by atoms with Gasteiger partial charge in [-0.05, 0) is 66.8 Å². The second-order valence-corrected chi connectivity index (χ2v) is 9.20. The topological polar surface area (TPSA) is 54.2 Å². The molecule has 0 radical (unpaired) electrons. The zero-order chi connectivity index (χ0) is 22.2. The van der Waals surface area contributed by atoms with Crippen molar-refractivity contribution in [2.45, 2.75) is 19.9 Å². The Morgan fingerprint density at radius 1 is 1.09 bits per heavy atom. The van der Waals surface area contributed by atoms with E-state index in [0.29, 0.717) is 21.9 Å². The van der Waals surface area contributed by atoms with Gasteiger partial charge in [0, 0.05) is 16.4 Å². The molecule has 2 aromatic heterocycles. The van der Waals surface area contributed by atoms with Crippen molar-refractivity contribution in [2.75, 3.05) is 4.90 Å². The molecule has 3 heterocycles. The van der Waals surface area contributed by atoms with Crippen molar-refractivity contribution < 1.29 is 4.52 Å². The first-order chi connectivity index (χ1) is 15.5. The first-order valence-electron chi connectivity index (χ1n) is 10.0. The molecule has 0 spiro atoms. The molecule has 0 fully saturated rings. The Morgan fingerprint density at radius 2 is 1.91 bits per heavy atom. The third-order valence-corrected chi connectivity index (χ3v) is 7.01. The van der Waals surface area contributed by atoms with Gasteiger partial charge in [0.2, 0.25) is 5.82 Å². The summed E-state index contributed by atoms with van der Waals surface area (Å²) in [6, 6.07) is 19.7. The summed E-state index contributed by atoms with van der Waals surface area (Å²) in [6.07, 6.45) is 0. The Hall–Kier alpha value is -3.00. The molecule has 0 aliphatic carbocycles. The number of aryl methyl sites for hydroxylation is 1. The summed E-state index contributed by atoms with van der Waals surface area (Å²) in [5.74, 6) is 1.04. The van der Waals surface area contributed by atoms with Crippen LogP contribution in [0.4, 0.5) is 5.69 Å². The van der Waals surface area contributed by atoms with E-state index in [9.17, 15) is 0 Å². The molecule has 32 heavy (non-hydrogen) atoms. The van der Waals surface area contributed by atoms with Gasteiger partial charge in [-0.25, -0.2) is 0 Å². The average molecular weight is 479 g/mol. The number of halogens is 1. The number of nitrogens with one attached hydrogen (secondary N) is 1. The normalized spacial score (nSPS) is 16.4. The maximum absolute atomic E-state index is 6.26. The van der Waals surface area contributed by atoms with E-state index in [2.05, 4.69) is 22.6 Å². The molecule has 0 bridgehead atoms. The lowest BCUT2D eigenvalue weighted by atomic mass is 9.94. The summed E-state index contributed by atoms with van der Waals surface area (Å²) >= 11 is 13.6. The zero-order valence-electron chi connectivity index (χ0n) is 17.4. The van der Waals surface area contributed by atoms with E-state index < -0.39 is 0 Å². The Kier molecular flexibility index (Phi) is 5.55. The fraction of sp³-hybridized carbons (Fsp3) is 0.125. The highest BCUT2D eigenvalue weighted by atomic mass is 35.5. The van der Waals surface area contributed by atoms with Crippen LogP contribution in [-0.2, 0) is 0 Å². The number of rotatable bonds is 4.